The summed E-state index contributed by atoms with van der Waals surface area (Å²) in [7, 11) is 0. The molecular formula is C14H14N2. The molecule has 0 bridgehead atoms. The molecule has 3 rings (SSSR count). The van der Waals surface area contributed by atoms with Crippen LogP contribution in [0.4, 0.5) is 0 Å². The van der Waals surface area contributed by atoms with Gasteiger partial charge in [-0.3, -0.25) is 4.98 Å². The summed E-state index contributed by atoms with van der Waals surface area (Å²) in [6, 6.07) is 8.54. The highest BCUT2D eigenvalue weighted by molar-refractivity contribution is 5.93. The van der Waals surface area contributed by atoms with Gasteiger partial charge in [-0.1, -0.05) is 24.3 Å². The van der Waals surface area contributed by atoms with Crippen molar-refractivity contribution in [1.29, 1.82) is 0 Å². The van der Waals surface area contributed by atoms with E-state index in [0.29, 0.717) is 0 Å². The molecule has 0 radical (unpaired) electrons. The zero-order chi connectivity index (χ0) is 10.8. The molecule has 0 fully saturated rings. The number of hydrogen-bond donors (Lipinski definition) is 1. The summed E-state index contributed by atoms with van der Waals surface area (Å²) >= 11 is 0. The Kier molecular flexibility index (Phi) is 2.43. The van der Waals surface area contributed by atoms with Crippen molar-refractivity contribution in [2.24, 2.45) is 0 Å². The maximum absolute atomic E-state index is 4.17. The molecule has 2 nitrogen and oxygen atoms in total. The Morgan fingerprint density at radius 3 is 3.06 bits per heavy atom. The molecule has 0 spiro atoms. The topological polar surface area (TPSA) is 24.9 Å². The van der Waals surface area contributed by atoms with Crippen molar-refractivity contribution in [3.63, 3.8) is 0 Å². The van der Waals surface area contributed by atoms with E-state index in [1.165, 1.54) is 21.9 Å². The third-order valence-corrected chi connectivity index (χ3v) is 3.09. The Hall–Kier alpha value is -1.67. The van der Waals surface area contributed by atoms with Crippen molar-refractivity contribution in [2.45, 2.75) is 6.42 Å². The van der Waals surface area contributed by atoms with Gasteiger partial charge in [0.2, 0.25) is 0 Å². The minimum absolute atomic E-state index is 0.983. The summed E-state index contributed by atoms with van der Waals surface area (Å²) in [6.07, 6.45) is 7.20. The molecule has 2 heteroatoms. The van der Waals surface area contributed by atoms with Crippen LogP contribution in [-0.2, 0) is 0 Å². The molecule has 0 amide bonds. The smallest absolute Gasteiger partial charge is 0.0346 e. The highest BCUT2D eigenvalue weighted by Gasteiger charge is 2.08. The summed E-state index contributed by atoms with van der Waals surface area (Å²) in [6.45, 7) is 2.06. The minimum atomic E-state index is 0.983. The molecule has 1 aromatic heterocycles. The van der Waals surface area contributed by atoms with Crippen LogP contribution in [0.5, 0.6) is 0 Å². The quantitative estimate of drug-likeness (QED) is 0.782. The van der Waals surface area contributed by atoms with Gasteiger partial charge in [-0.2, -0.15) is 0 Å². The Bertz CT molecular complexity index is 538. The van der Waals surface area contributed by atoms with E-state index in [1.54, 1.807) is 0 Å². The maximum atomic E-state index is 4.17. The van der Waals surface area contributed by atoms with Gasteiger partial charge < -0.3 is 5.32 Å². The molecule has 0 aliphatic carbocycles. The van der Waals surface area contributed by atoms with Crippen LogP contribution in [0.1, 0.15) is 12.0 Å². The number of benzene rings is 1. The second-order valence-corrected chi connectivity index (χ2v) is 4.09. The summed E-state index contributed by atoms with van der Waals surface area (Å²) in [5.41, 5.74) is 2.82. The van der Waals surface area contributed by atoms with E-state index in [9.17, 15) is 0 Å². The van der Waals surface area contributed by atoms with Crippen molar-refractivity contribution in [3.8, 4) is 0 Å². The third kappa shape index (κ3) is 1.61. The molecular weight excluding hydrogens is 196 g/mol. The van der Waals surface area contributed by atoms with Crippen LogP contribution in [0.15, 0.2) is 42.7 Å². The van der Waals surface area contributed by atoms with E-state index in [-0.39, 0.29) is 0 Å². The first-order chi connectivity index (χ1) is 7.95. The van der Waals surface area contributed by atoms with E-state index in [1.807, 2.05) is 12.4 Å². The number of nitrogens with zero attached hydrogens (tertiary/aromatic N) is 1. The second-order valence-electron chi connectivity index (χ2n) is 4.09. The first-order valence-corrected chi connectivity index (χ1v) is 5.68. The first-order valence-electron chi connectivity index (χ1n) is 5.68. The number of fused-ring (bicyclic) bond motifs is 1. The van der Waals surface area contributed by atoms with Crippen molar-refractivity contribution >= 4 is 16.3 Å². The summed E-state index contributed by atoms with van der Waals surface area (Å²) < 4.78 is 0. The van der Waals surface area contributed by atoms with Crippen molar-refractivity contribution in [1.82, 2.24) is 10.3 Å². The van der Waals surface area contributed by atoms with Crippen LogP contribution in [-0.4, -0.2) is 18.1 Å². The zero-order valence-corrected chi connectivity index (χ0v) is 9.11. The number of nitrogens with one attached hydrogen (secondary N) is 1. The lowest BCUT2D eigenvalue weighted by atomic mass is 9.95. The normalized spacial score (nSPS) is 16.1. The average Bonchev–Trinajstić information content (AvgIpc) is 2.39. The average molecular weight is 210 g/mol. The Labute approximate surface area is 95.0 Å². The van der Waals surface area contributed by atoms with Crippen LogP contribution in [0.25, 0.3) is 16.3 Å². The zero-order valence-electron chi connectivity index (χ0n) is 9.11. The lowest BCUT2D eigenvalue weighted by Gasteiger charge is -2.15. The van der Waals surface area contributed by atoms with Crippen LogP contribution < -0.4 is 5.32 Å². The largest absolute Gasteiger partial charge is 0.313 e. The van der Waals surface area contributed by atoms with Gasteiger partial charge in [0.25, 0.3) is 0 Å². The number of hydrogen-bond acceptors (Lipinski definition) is 2. The Balaban J connectivity index is 2.19. The molecule has 0 saturated heterocycles. The van der Waals surface area contributed by atoms with Gasteiger partial charge in [0.05, 0.1) is 0 Å². The monoisotopic (exact) mass is 210 g/mol. The minimum Gasteiger partial charge on any atom is -0.313 e. The standard InChI is InChI=1S/C14H14N2/c1-2-12-10-16-9-6-14(12)13(3-1)11-4-7-15-8-5-11/h1-4,6,9-10,15H,5,7-8H2. The highest BCUT2D eigenvalue weighted by atomic mass is 14.8. The molecule has 0 atom stereocenters. The van der Waals surface area contributed by atoms with Crippen LogP contribution in [0.2, 0.25) is 0 Å². The van der Waals surface area contributed by atoms with Crippen molar-refractivity contribution < 1.29 is 0 Å². The van der Waals surface area contributed by atoms with E-state index in [4.69, 9.17) is 0 Å². The molecule has 1 aliphatic rings. The summed E-state index contributed by atoms with van der Waals surface area (Å²) in [5, 5.41) is 5.88. The van der Waals surface area contributed by atoms with Gasteiger partial charge in [0.15, 0.2) is 0 Å². The fourth-order valence-corrected chi connectivity index (χ4v) is 2.27. The highest BCUT2D eigenvalue weighted by Crippen LogP contribution is 2.27. The van der Waals surface area contributed by atoms with Crippen molar-refractivity contribution in [2.75, 3.05) is 13.1 Å². The van der Waals surface area contributed by atoms with Gasteiger partial charge in [-0.05, 0) is 35.6 Å². The maximum Gasteiger partial charge on any atom is 0.0346 e. The Morgan fingerprint density at radius 2 is 2.19 bits per heavy atom. The predicted octanol–water partition coefficient (Wildman–Crippen LogP) is 2.61. The fraction of sp³-hybridized carbons (Fsp3) is 0.214. The number of rotatable bonds is 1. The summed E-state index contributed by atoms with van der Waals surface area (Å²) in [4.78, 5) is 4.17. The van der Waals surface area contributed by atoms with Crippen LogP contribution in [0, 0.1) is 0 Å². The van der Waals surface area contributed by atoms with Crippen LogP contribution in [0.3, 0.4) is 0 Å². The molecule has 1 aromatic carbocycles. The van der Waals surface area contributed by atoms with E-state index < -0.39 is 0 Å². The lowest BCUT2D eigenvalue weighted by Crippen LogP contribution is -2.20. The van der Waals surface area contributed by atoms with Gasteiger partial charge in [-0.15, -0.1) is 0 Å². The molecule has 1 N–H and O–H groups in total. The predicted molar refractivity (Wildman–Crippen MR) is 67.2 cm³/mol. The number of pyridine rings is 1. The first kappa shape index (κ1) is 9.55. The molecule has 80 valence electrons. The molecule has 1 aliphatic heterocycles. The molecule has 2 heterocycles. The van der Waals surface area contributed by atoms with E-state index in [0.717, 1.165) is 19.5 Å². The molecule has 0 saturated carbocycles. The van der Waals surface area contributed by atoms with Gasteiger partial charge in [0, 0.05) is 24.3 Å². The molecule has 16 heavy (non-hydrogen) atoms. The van der Waals surface area contributed by atoms with Gasteiger partial charge >= 0.3 is 0 Å². The second kappa shape index (κ2) is 4.06. The SMILES string of the molecule is C1=C(c2cccc3cnccc23)CCNC1. The molecule has 0 unspecified atom stereocenters. The van der Waals surface area contributed by atoms with Crippen molar-refractivity contribution in [3.05, 3.63) is 48.3 Å². The number of aromatic nitrogens is 1. The third-order valence-electron chi connectivity index (χ3n) is 3.09. The van der Waals surface area contributed by atoms with E-state index >= 15 is 0 Å². The van der Waals surface area contributed by atoms with E-state index in [2.05, 4.69) is 40.6 Å². The lowest BCUT2D eigenvalue weighted by molar-refractivity contribution is 0.739. The van der Waals surface area contributed by atoms with Gasteiger partial charge in [-0.25, -0.2) is 0 Å². The Morgan fingerprint density at radius 1 is 1.19 bits per heavy atom. The summed E-state index contributed by atoms with van der Waals surface area (Å²) in [5.74, 6) is 0. The fourth-order valence-electron chi connectivity index (χ4n) is 2.27. The van der Waals surface area contributed by atoms with Crippen LogP contribution >= 0.6 is 0 Å². The van der Waals surface area contributed by atoms with Gasteiger partial charge in [0.1, 0.15) is 0 Å². The molecule has 2 aromatic rings.